The van der Waals surface area contributed by atoms with Crippen LogP contribution in [0, 0.1) is 13.8 Å². The van der Waals surface area contributed by atoms with Crippen LogP contribution in [0.25, 0.3) is 16.9 Å². The SMILES string of the molecule is Cc1ccc(-c2cc(C(=O)NCCC(c3ccccc3)c3ccccc3)n(-c3ccccc3)n2)cc1C. The minimum atomic E-state index is -0.133. The minimum Gasteiger partial charge on any atom is -0.351 e. The molecule has 0 bridgehead atoms. The molecule has 1 aromatic heterocycles. The number of nitrogens with one attached hydrogen (secondary N) is 1. The average molecular weight is 486 g/mol. The molecule has 5 rings (SSSR count). The highest BCUT2D eigenvalue weighted by molar-refractivity contribution is 5.94. The van der Waals surface area contributed by atoms with Gasteiger partial charge in [0.05, 0.1) is 11.4 Å². The van der Waals surface area contributed by atoms with Crippen LogP contribution in [-0.4, -0.2) is 22.2 Å². The van der Waals surface area contributed by atoms with Gasteiger partial charge in [0, 0.05) is 18.0 Å². The third kappa shape index (κ3) is 5.54. The molecule has 184 valence electrons. The number of aromatic nitrogens is 2. The second kappa shape index (κ2) is 11.1. The Morgan fingerprint density at radius 3 is 1.95 bits per heavy atom. The van der Waals surface area contributed by atoms with Gasteiger partial charge in [0.2, 0.25) is 0 Å². The lowest BCUT2D eigenvalue weighted by atomic mass is 9.88. The van der Waals surface area contributed by atoms with Gasteiger partial charge in [-0.25, -0.2) is 4.68 Å². The van der Waals surface area contributed by atoms with Gasteiger partial charge < -0.3 is 5.32 Å². The zero-order chi connectivity index (χ0) is 25.6. The van der Waals surface area contributed by atoms with E-state index in [1.54, 1.807) is 4.68 Å². The van der Waals surface area contributed by atoms with E-state index in [9.17, 15) is 4.79 Å². The van der Waals surface area contributed by atoms with Crippen molar-refractivity contribution in [2.24, 2.45) is 0 Å². The van der Waals surface area contributed by atoms with Gasteiger partial charge in [-0.15, -0.1) is 0 Å². The predicted molar refractivity (Wildman–Crippen MR) is 150 cm³/mol. The molecule has 0 atom stereocenters. The molecule has 0 fully saturated rings. The molecule has 1 heterocycles. The number of para-hydroxylation sites is 1. The minimum absolute atomic E-state index is 0.133. The van der Waals surface area contributed by atoms with E-state index in [-0.39, 0.29) is 11.8 Å². The van der Waals surface area contributed by atoms with Crippen LogP contribution in [0.2, 0.25) is 0 Å². The normalized spacial score (nSPS) is 11.0. The molecule has 0 aliphatic carbocycles. The second-order valence-corrected chi connectivity index (χ2v) is 9.38. The summed E-state index contributed by atoms with van der Waals surface area (Å²) < 4.78 is 1.74. The molecule has 0 spiro atoms. The molecule has 37 heavy (non-hydrogen) atoms. The second-order valence-electron chi connectivity index (χ2n) is 9.38. The Morgan fingerprint density at radius 2 is 1.35 bits per heavy atom. The van der Waals surface area contributed by atoms with Crippen molar-refractivity contribution < 1.29 is 4.79 Å². The first-order valence-corrected chi connectivity index (χ1v) is 12.7. The van der Waals surface area contributed by atoms with E-state index in [0.717, 1.165) is 23.4 Å². The molecule has 0 radical (unpaired) electrons. The fourth-order valence-corrected chi connectivity index (χ4v) is 4.67. The topological polar surface area (TPSA) is 46.9 Å². The molecule has 0 saturated heterocycles. The first-order valence-electron chi connectivity index (χ1n) is 12.7. The molecule has 0 aliphatic rings. The quantitative estimate of drug-likeness (QED) is 0.255. The maximum absolute atomic E-state index is 13.5. The van der Waals surface area contributed by atoms with Crippen LogP contribution in [0.4, 0.5) is 0 Å². The molecule has 0 saturated carbocycles. The van der Waals surface area contributed by atoms with Gasteiger partial charge in [-0.2, -0.15) is 5.10 Å². The molecule has 1 N–H and O–H groups in total. The number of amides is 1. The molecule has 1 amide bonds. The summed E-state index contributed by atoms with van der Waals surface area (Å²) in [5.41, 5.74) is 8.08. The van der Waals surface area contributed by atoms with Gasteiger partial charge >= 0.3 is 0 Å². The van der Waals surface area contributed by atoms with Gasteiger partial charge in [-0.3, -0.25) is 4.79 Å². The third-order valence-corrected chi connectivity index (χ3v) is 6.87. The Hall–Kier alpha value is -4.44. The maximum atomic E-state index is 13.5. The number of benzene rings is 4. The van der Waals surface area contributed by atoms with E-state index in [2.05, 4.69) is 85.9 Å². The Bertz CT molecular complexity index is 1440. The van der Waals surface area contributed by atoms with Crippen LogP contribution in [-0.2, 0) is 0 Å². The molecular formula is C33H31N3O. The largest absolute Gasteiger partial charge is 0.351 e. The number of nitrogens with zero attached hydrogens (tertiary/aromatic N) is 2. The number of carbonyl (C=O) groups excluding carboxylic acids is 1. The lowest BCUT2D eigenvalue weighted by Gasteiger charge is -2.18. The Balaban J connectivity index is 1.40. The fraction of sp³-hybridized carbons (Fsp3) is 0.152. The van der Waals surface area contributed by atoms with Gasteiger partial charge in [0.15, 0.2) is 0 Å². The van der Waals surface area contributed by atoms with E-state index in [1.807, 2.05) is 48.5 Å². The smallest absolute Gasteiger partial charge is 0.270 e. The van der Waals surface area contributed by atoms with E-state index in [4.69, 9.17) is 5.10 Å². The van der Waals surface area contributed by atoms with Crippen molar-refractivity contribution in [3.8, 4) is 16.9 Å². The van der Waals surface area contributed by atoms with Crippen LogP contribution >= 0.6 is 0 Å². The third-order valence-electron chi connectivity index (χ3n) is 6.87. The molecule has 5 aromatic rings. The fourth-order valence-electron chi connectivity index (χ4n) is 4.67. The highest BCUT2D eigenvalue weighted by Crippen LogP contribution is 2.28. The summed E-state index contributed by atoms with van der Waals surface area (Å²) in [7, 11) is 0. The van der Waals surface area contributed by atoms with Gasteiger partial charge in [0.25, 0.3) is 5.91 Å². The van der Waals surface area contributed by atoms with Crippen LogP contribution < -0.4 is 5.32 Å². The highest BCUT2D eigenvalue weighted by atomic mass is 16.2. The molecule has 0 aliphatic heterocycles. The molecule has 4 nitrogen and oxygen atoms in total. The van der Waals surface area contributed by atoms with Crippen molar-refractivity contribution in [1.29, 1.82) is 0 Å². The van der Waals surface area contributed by atoms with Crippen LogP contribution in [0.1, 0.15) is 45.1 Å². The lowest BCUT2D eigenvalue weighted by Crippen LogP contribution is -2.28. The highest BCUT2D eigenvalue weighted by Gasteiger charge is 2.19. The average Bonchev–Trinajstić information content (AvgIpc) is 3.40. The molecule has 4 heteroatoms. The standard InChI is InChI=1S/C33H31N3O/c1-24-18-19-28(22-25(24)2)31-23-32(36(35-31)29-16-10-5-11-17-29)33(37)34-21-20-30(26-12-6-3-7-13-26)27-14-8-4-9-15-27/h3-19,22-23,30H,20-21H2,1-2H3,(H,34,37). The van der Waals surface area contributed by atoms with Crippen LogP contribution in [0.5, 0.6) is 0 Å². The summed E-state index contributed by atoms with van der Waals surface area (Å²) in [5, 5.41) is 8.00. The molecule has 4 aromatic carbocycles. The van der Waals surface area contributed by atoms with Gasteiger partial charge in [-0.1, -0.05) is 91.0 Å². The van der Waals surface area contributed by atoms with Crippen molar-refractivity contribution in [3.63, 3.8) is 0 Å². The van der Waals surface area contributed by atoms with Crippen LogP contribution in [0.15, 0.2) is 115 Å². The molecule has 0 unspecified atom stereocenters. The number of aryl methyl sites for hydroxylation is 2. The summed E-state index contributed by atoms with van der Waals surface area (Å²) in [6.45, 7) is 4.74. The van der Waals surface area contributed by atoms with E-state index in [0.29, 0.717) is 12.2 Å². The van der Waals surface area contributed by atoms with Gasteiger partial charge in [0.1, 0.15) is 5.69 Å². The van der Waals surface area contributed by atoms with E-state index >= 15 is 0 Å². The first kappa shape index (κ1) is 24.3. The summed E-state index contributed by atoms with van der Waals surface area (Å²) >= 11 is 0. The zero-order valence-corrected chi connectivity index (χ0v) is 21.3. The number of hydrogen-bond acceptors (Lipinski definition) is 2. The summed E-state index contributed by atoms with van der Waals surface area (Å²) in [6, 6.07) is 38.9. The zero-order valence-electron chi connectivity index (χ0n) is 21.3. The van der Waals surface area contributed by atoms with Crippen molar-refractivity contribution in [2.45, 2.75) is 26.2 Å². The van der Waals surface area contributed by atoms with Crippen molar-refractivity contribution in [3.05, 3.63) is 143 Å². The Kier molecular flexibility index (Phi) is 7.27. The van der Waals surface area contributed by atoms with E-state index < -0.39 is 0 Å². The van der Waals surface area contributed by atoms with Crippen molar-refractivity contribution in [2.75, 3.05) is 6.54 Å². The van der Waals surface area contributed by atoms with Crippen molar-refractivity contribution in [1.82, 2.24) is 15.1 Å². The Morgan fingerprint density at radius 1 is 0.757 bits per heavy atom. The monoisotopic (exact) mass is 485 g/mol. The lowest BCUT2D eigenvalue weighted by molar-refractivity contribution is 0.0945. The van der Waals surface area contributed by atoms with Crippen molar-refractivity contribution >= 4 is 5.91 Å². The predicted octanol–water partition coefficient (Wildman–Crippen LogP) is 7.11. The first-order chi connectivity index (χ1) is 18.1. The van der Waals surface area contributed by atoms with E-state index in [1.165, 1.54) is 22.3 Å². The van der Waals surface area contributed by atoms with Gasteiger partial charge in [-0.05, 0) is 66.8 Å². The summed E-state index contributed by atoms with van der Waals surface area (Å²) in [4.78, 5) is 13.5. The Labute approximate surface area is 218 Å². The number of hydrogen-bond donors (Lipinski definition) is 1. The summed E-state index contributed by atoms with van der Waals surface area (Å²) in [6.07, 6.45) is 0.795. The molecular weight excluding hydrogens is 454 g/mol. The number of rotatable bonds is 8. The number of carbonyl (C=O) groups is 1. The maximum Gasteiger partial charge on any atom is 0.270 e. The summed E-state index contributed by atoms with van der Waals surface area (Å²) in [5.74, 6) is 0.0686. The van der Waals surface area contributed by atoms with Crippen LogP contribution in [0.3, 0.4) is 0 Å².